The summed E-state index contributed by atoms with van der Waals surface area (Å²) in [6, 6.07) is 14.2. The molecule has 2 N–H and O–H groups in total. The number of ether oxygens (including phenoxy) is 1. The van der Waals surface area contributed by atoms with E-state index in [9.17, 15) is 18.0 Å². The van der Waals surface area contributed by atoms with Gasteiger partial charge in [0, 0.05) is 17.8 Å². The molecule has 3 aromatic heterocycles. The first kappa shape index (κ1) is 22.3. The van der Waals surface area contributed by atoms with E-state index < -0.39 is 18.8 Å². The number of aromatic nitrogens is 3. The largest absolute Gasteiger partial charge is 0.483 e. The Balaban J connectivity index is 1.34. The molecule has 0 unspecified atom stereocenters. The van der Waals surface area contributed by atoms with Crippen LogP contribution >= 0.6 is 0 Å². The SMILES string of the molecule is C[C@@H](NC(=O)Cc1ccc(-c2ccnc3[nH]ccc23)cc1)c1ccc(OCC(F)(F)F)cn1. The zero-order valence-electron chi connectivity index (χ0n) is 17.7. The molecule has 170 valence electrons. The fourth-order valence-electron chi connectivity index (χ4n) is 3.47. The highest BCUT2D eigenvalue weighted by atomic mass is 19.4. The summed E-state index contributed by atoms with van der Waals surface area (Å²) in [6.45, 7) is 0.376. The van der Waals surface area contributed by atoms with Crippen LogP contribution in [0.5, 0.6) is 5.75 Å². The summed E-state index contributed by atoms with van der Waals surface area (Å²) in [7, 11) is 0. The standard InChI is InChI=1S/C24H21F3N4O2/c1-15(21-7-6-18(13-30-21)33-14-24(25,26)27)31-22(32)12-16-2-4-17(5-3-16)19-8-10-28-23-20(19)9-11-29-23/h2-11,13,15H,12,14H2,1H3,(H,28,29)(H,31,32)/t15-/m1/s1. The van der Waals surface area contributed by atoms with Crippen LogP contribution in [0.2, 0.25) is 0 Å². The van der Waals surface area contributed by atoms with Crippen molar-refractivity contribution in [1.82, 2.24) is 20.3 Å². The van der Waals surface area contributed by atoms with Gasteiger partial charge >= 0.3 is 6.18 Å². The molecule has 0 spiro atoms. The molecule has 0 fully saturated rings. The normalized spacial score (nSPS) is 12.5. The molecule has 0 aliphatic heterocycles. The van der Waals surface area contributed by atoms with Gasteiger partial charge in [-0.15, -0.1) is 0 Å². The predicted octanol–water partition coefficient (Wildman–Crippen LogP) is 4.99. The van der Waals surface area contributed by atoms with Crippen LogP contribution in [0.25, 0.3) is 22.2 Å². The molecule has 1 aromatic carbocycles. The van der Waals surface area contributed by atoms with Crippen molar-refractivity contribution in [3.05, 3.63) is 78.4 Å². The molecule has 33 heavy (non-hydrogen) atoms. The number of nitrogens with zero attached hydrogens (tertiary/aromatic N) is 2. The average molecular weight is 454 g/mol. The molecule has 0 aliphatic rings. The Hall–Kier alpha value is -3.88. The fraction of sp³-hybridized carbons (Fsp3) is 0.208. The van der Waals surface area contributed by atoms with Crippen molar-refractivity contribution in [2.75, 3.05) is 6.61 Å². The van der Waals surface area contributed by atoms with E-state index in [1.807, 2.05) is 42.6 Å². The smallest absolute Gasteiger partial charge is 0.422 e. The zero-order valence-corrected chi connectivity index (χ0v) is 17.7. The van der Waals surface area contributed by atoms with Crippen molar-refractivity contribution in [3.8, 4) is 16.9 Å². The molecular weight excluding hydrogens is 433 g/mol. The van der Waals surface area contributed by atoms with Gasteiger partial charge in [-0.3, -0.25) is 9.78 Å². The first-order valence-corrected chi connectivity index (χ1v) is 10.2. The number of carbonyl (C=O) groups excluding carboxylic acids is 1. The van der Waals surface area contributed by atoms with E-state index in [4.69, 9.17) is 0 Å². The third-order valence-corrected chi connectivity index (χ3v) is 5.07. The Kier molecular flexibility index (Phi) is 6.30. The van der Waals surface area contributed by atoms with E-state index in [0.717, 1.165) is 27.7 Å². The Bertz CT molecular complexity index is 1240. The quantitative estimate of drug-likeness (QED) is 0.413. The van der Waals surface area contributed by atoms with Crippen LogP contribution in [0.15, 0.2) is 67.1 Å². The number of pyridine rings is 2. The van der Waals surface area contributed by atoms with Gasteiger partial charge in [0.15, 0.2) is 6.61 Å². The number of fused-ring (bicyclic) bond motifs is 1. The van der Waals surface area contributed by atoms with E-state index in [2.05, 4.69) is 25.0 Å². The summed E-state index contributed by atoms with van der Waals surface area (Å²) in [5.41, 5.74) is 4.27. The molecule has 4 aromatic rings. The van der Waals surface area contributed by atoms with Crippen molar-refractivity contribution < 1.29 is 22.7 Å². The van der Waals surface area contributed by atoms with Gasteiger partial charge in [-0.2, -0.15) is 13.2 Å². The maximum Gasteiger partial charge on any atom is 0.422 e. The van der Waals surface area contributed by atoms with Gasteiger partial charge in [0.2, 0.25) is 5.91 Å². The fourth-order valence-corrected chi connectivity index (χ4v) is 3.47. The Morgan fingerprint density at radius 3 is 2.58 bits per heavy atom. The number of hydrogen-bond donors (Lipinski definition) is 2. The van der Waals surface area contributed by atoms with Crippen LogP contribution in [-0.4, -0.2) is 33.6 Å². The first-order valence-electron chi connectivity index (χ1n) is 10.2. The predicted molar refractivity (Wildman–Crippen MR) is 118 cm³/mol. The third-order valence-electron chi connectivity index (χ3n) is 5.07. The monoisotopic (exact) mass is 454 g/mol. The minimum atomic E-state index is -4.41. The second-order valence-corrected chi connectivity index (χ2v) is 7.58. The number of benzene rings is 1. The number of hydrogen-bond acceptors (Lipinski definition) is 4. The summed E-state index contributed by atoms with van der Waals surface area (Å²) in [5, 5.41) is 3.88. The minimum absolute atomic E-state index is 0.0146. The highest BCUT2D eigenvalue weighted by Crippen LogP contribution is 2.27. The van der Waals surface area contributed by atoms with Crippen LogP contribution in [0.1, 0.15) is 24.2 Å². The van der Waals surface area contributed by atoms with Gasteiger partial charge < -0.3 is 15.0 Å². The Morgan fingerprint density at radius 1 is 1.09 bits per heavy atom. The topological polar surface area (TPSA) is 79.9 Å². The summed E-state index contributed by atoms with van der Waals surface area (Å²) in [5.74, 6) is -0.174. The van der Waals surface area contributed by atoms with Crippen molar-refractivity contribution in [1.29, 1.82) is 0 Å². The van der Waals surface area contributed by atoms with Crippen molar-refractivity contribution in [2.45, 2.75) is 25.6 Å². The van der Waals surface area contributed by atoms with Gasteiger partial charge in [0.25, 0.3) is 0 Å². The Morgan fingerprint density at radius 2 is 1.88 bits per heavy atom. The van der Waals surface area contributed by atoms with Crippen LogP contribution < -0.4 is 10.1 Å². The molecule has 1 atom stereocenters. The van der Waals surface area contributed by atoms with Gasteiger partial charge in [0.1, 0.15) is 11.4 Å². The number of aromatic amines is 1. The minimum Gasteiger partial charge on any atom is -0.483 e. The lowest BCUT2D eigenvalue weighted by Gasteiger charge is -2.15. The van der Waals surface area contributed by atoms with Crippen molar-refractivity contribution in [2.24, 2.45) is 0 Å². The third kappa shape index (κ3) is 5.68. The van der Waals surface area contributed by atoms with Crippen LogP contribution in [0.4, 0.5) is 13.2 Å². The molecule has 3 heterocycles. The van der Waals surface area contributed by atoms with Crippen LogP contribution in [0.3, 0.4) is 0 Å². The molecule has 0 saturated carbocycles. The number of halogens is 3. The second kappa shape index (κ2) is 9.32. The molecule has 4 rings (SSSR count). The maximum atomic E-state index is 12.5. The molecule has 0 saturated heterocycles. The molecule has 6 nitrogen and oxygen atoms in total. The number of amides is 1. The number of rotatable bonds is 7. The van der Waals surface area contributed by atoms with E-state index in [1.165, 1.54) is 18.3 Å². The highest BCUT2D eigenvalue weighted by molar-refractivity contribution is 5.92. The number of H-pyrrole nitrogens is 1. The van der Waals surface area contributed by atoms with E-state index in [-0.39, 0.29) is 18.1 Å². The van der Waals surface area contributed by atoms with Gasteiger partial charge in [-0.05, 0) is 47.9 Å². The van der Waals surface area contributed by atoms with Crippen molar-refractivity contribution >= 4 is 16.9 Å². The number of carbonyl (C=O) groups is 1. The van der Waals surface area contributed by atoms with E-state index >= 15 is 0 Å². The van der Waals surface area contributed by atoms with Crippen LogP contribution in [0, 0.1) is 0 Å². The first-order chi connectivity index (χ1) is 15.8. The second-order valence-electron chi connectivity index (χ2n) is 7.58. The lowest BCUT2D eigenvalue weighted by Crippen LogP contribution is -2.28. The molecule has 0 aliphatic carbocycles. The molecule has 1 amide bonds. The van der Waals surface area contributed by atoms with Gasteiger partial charge in [-0.1, -0.05) is 24.3 Å². The lowest BCUT2D eigenvalue weighted by atomic mass is 10.0. The summed E-state index contributed by atoms with van der Waals surface area (Å²) < 4.78 is 41.3. The molecule has 0 bridgehead atoms. The summed E-state index contributed by atoms with van der Waals surface area (Å²) in [4.78, 5) is 23.9. The summed E-state index contributed by atoms with van der Waals surface area (Å²) >= 11 is 0. The number of alkyl halides is 3. The van der Waals surface area contributed by atoms with E-state index in [0.29, 0.717) is 5.69 Å². The highest BCUT2D eigenvalue weighted by Gasteiger charge is 2.28. The lowest BCUT2D eigenvalue weighted by molar-refractivity contribution is -0.153. The molecule has 0 radical (unpaired) electrons. The molecular formula is C24H21F3N4O2. The van der Waals surface area contributed by atoms with Crippen molar-refractivity contribution in [3.63, 3.8) is 0 Å². The average Bonchev–Trinajstić information content (AvgIpc) is 3.27. The van der Waals surface area contributed by atoms with Crippen LogP contribution in [-0.2, 0) is 11.2 Å². The maximum absolute atomic E-state index is 12.5. The number of nitrogens with one attached hydrogen (secondary N) is 2. The Labute approximate surface area is 187 Å². The van der Waals surface area contributed by atoms with Gasteiger partial charge in [0.05, 0.1) is 24.4 Å². The molecule has 9 heteroatoms. The summed E-state index contributed by atoms with van der Waals surface area (Å²) in [6.07, 6.45) is 0.583. The van der Waals surface area contributed by atoms with E-state index in [1.54, 1.807) is 13.1 Å². The zero-order chi connectivity index (χ0) is 23.4. The van der Waals surface area contributed by atoms with Gasteiger partial charge in [-0.25, -0.2) is 4.98 Å².